The van der Waals surface area contributed by atoms with E-state index in [1.165, 1.54) is 10.6 Å². The van der Waals surface area contributed by atoms with Gasteiger partial charge in [-0.15, -0.1) is 11.3 Å². The number of aromatic nitrogens is 1. The number of thiazole rings is 1. The van der Waals surface area contributed by atoms with Gasteiger partial charge in [0.05, 0.1) is 11.2 Å². The topological polar surface area (TPSA) is 28.2 Å². The number of rotatable bonds is 2. The molecule has 1 saturated heterocycles. The molecule has 0 aromatic carbocycles. The van der Waals surface area contributed by atoms with Crippen LogP contribution in [0.3, 0.4) is 0 Å². The van der Waals surface area contributed by atoms with Crippen molar-refractivity contribution in [1.29, 1.82) is 0 Å². The highest BCUT2D eigenvalue weighted by Crippen LogP contribution is 2.16. The smallest absolute Gasteiger partial charge is 0.0798 e. The third-order valence-electron chi connectivity index (χ3n) is 2.85. The minimum Gasteiger partial charge on any atom is -0.309 e. The molecule has 3 nitrogen and oxygen atoms in total. The standard InChI is InChI=1S/C11H19N3S/c1-8-4-14(5-9(2)13-8)6-11-10(3)12-7-15-11/h7-9,13H,4-6H2,1-3H3. The van der Waals surface area contributed by atoms with Gasteiger partial charge in [0.2, 0.25) is 0 Å². The molecule has 4 heteroatoms. The number of hydrogen-bond donors (Lipinski definition) is 1. The Morgan fingerprint density at radius 3 is 2.67 bits per heavy atom. The summed E-state index contributed by atoms with van der Waals surface area (Å²) >= 11 is 1.77. The predicted molar refractivity (Wildman–Crippen MR) is 64.2 cm³/mol. The zero-order valence-corrected chi connectivity index (χ0v) is 10.5. The van der Waals surface area contributed by atoms with Crippen LogP contribution in [0.25, 0.3) is 0 Å². The van der Waals surface area contributed by atoms with Crippen molar-refractivity contribution in [1.82, 2.24) is 15.2 Å². The van der Waals surface area contributed by atoms with Gasteiger partial charge in [-0.3, -0.25) is 4.90 Å². The van der Waals surface area contributed by atoms with E-state index in [9.17, 15) is 0 Å². The highest BCUT2D eigenvalue weighted by Gasteiger charge is 2.21. The van der Waals surface area contributed by atoms with Gasteiger partial charge in [0.15, 0.2) is 0 Å². The highest BCUT2D eigenvalue weighted by molar-refractivity contribution is 7.09. The van der Waals surface area contributed by atoms with Crippen LogP contribution in [0.4, 0.5) is 0 Å². The summed E-state index contributed by atoms with van der Waals surface area (Å²) in [6.45, 7) is 9.95. The molecule has 2 rings (SSSR count). The molecule has 2 unspecified atom stereocenters. The summed E-state index contributed by atoms with van der Waals surface area (Å²) in [5.41, 5.74) is 3.14. The van der Waals surface area contributed by atoms with Gasteiger partial charge < -0.3 is 5.32 Å². The maximum Gasteiger partial charge on any atom is 0.0798 e. The van der Waals surface area contributed by atoms with Gasteiger partial charge in [-0.25, -0.2) is 4.98 Å². The molecule has 0 saturated carbocycles. The van der Waals surface area contributed by atoms with Crippen LogP contribution in [0.15, 0.2) is 5.51 Å². The van der Waals surface area contributed by atoms with Crippen LogP contribution in [-0.4, -0.2) is 35.1 Å². The van der Waals surface area contributed by atoms with Gasteiger partial charge in [0.25, 0.3) is 0 Å². The fourth-order valence-corrected chi connectivity index (χ4v) is 3.07. The molecular weight excluding hydrogens is 206 g/mol. The first-order chi connectivity index (χ1) is 7.15. The fourth-order valence-electron chi connectivity index (χ4n) is 2.25. The molecule has 1 aromatic heterocycles. The Kier molecular flexibility index (Phi) is 3.38. The number of aryl methyl sites for hydroxylation is 1. The maximum atomic E-state index is 4.30. The third-order valence-corrected chi connectivity index (χ3v) is 3.77. The normalized spacial score (nSPS) is 28.2. The SMILES string of the molecule is Cc1ncsc1CN1CC(C)NC(C)C1. The van der Waals surface area contributed by atoms with E-state index in [0.29, 0.717) is 12.1 Å². The van der Waals surface area contributed by atoms with Crippen molar-refractivity contribution in [3.63, 3.8) is 0 Å². The quantitative estimate of drug-likeness (QED) is 0.829. The summed E-state index contributed by atoms with van der Waals surface area (Å²) in [7, 11) is 0. The first-order valence-corrected chi connectivity index (χ1v) is 6.40. The third kappa shape index (κ3) is 2.77. The summed E-state index contributed by atoms with van der Waals surface area (Å²) in [5.74, 6) is 0. The average Bonchev–Trinajstić information content (AvgIpc) is 2.50. The van der Waals surface area contributed by atoms with Crippen LogP contribution in [0.2, 0.25) is 0 Å². The Morgan fingerprint density at radius 2 is 2.13 bits per heavy atom. The lowest BCUT2D eigenvalue weighted by atomic mass is 10.1. The molecule has 0 aliphatic carbocycles. The van der Waals surface area contributed by atoms with Crippen molar-refractivity contribution in [2.75, 3.05) is 13.1 Å². The van der Waals surface area contributed by atoms with Gasteiger partial charge in [-0.2, -0.15) is 0 Å². The summed E-state index contributed by atoms with van der Waals surface area (Å²) in [6.07, 6.45) is 0. The van der Waals surface area contributed by atoms with Crippen molar-refractivity contribution in [3.05, 3.63) is 16.1 Å². The molecule has 84 valence electrons. The molecule has 1 N–H and O–H groups in total. The molecular formula is C11H19N3S. The van der Waals surface area contributed by atoms with E-state index in [-0.39, 0.29) is 0 Å². The van der Waals surface area contributed by atoms with E-state index < -0.39 is 0 Å². The first-order valence-electron chi connectivity index (χ1n) is 5.52. The second-order valence-electron chi connectivity index (χ2n) is 4.52. The van der Waals surface area contributed by atoms with Gasteiger partial charge in [0, 0.05) is 36.6 Å². The summed E-state index contributed by atoms with van der Waals surface area (Å²) in [6, 6.07) is 1.20. The zero-order chi connectivity index (χ0) is 10.8. The van der Waals surface area contributed by atoms with E-state index in [0.717, 1.165) is 19.6 Å². The van der Waals surface area contributed by atoms with Gasteiger partial charge in [0.1, 0.15) is 0 Å². The Morgan fingerprint density at radius 1 is 1.47 bits per heavy atom. The van der Waals surface area contributed by atoms with Crippen LogP contribution >= 0.6 is 11.3 Å². The molecule has 0 amide bonds. The van der Waals surface area contributed by atoms with E-state index in [1.54, 1.807) is 11.3 Å². The van der Waals surface area contributed by atoms with E-state index in [4.69, 9.17) is 0 Å². The van der Waals surface area contributed by atoms with E-state index >= 15 is 0 Å². The minimum atomic E-state index is 0.599. The second kappa shape index (κ2) is 4.60. The fraction of sp³-hybridized carbons (Fsp3) is 0.727. The predicted octanol–water partition coefficient (Wildman–Crippen LogP) is 1.63. The Labute approximate surface area is 95.5 Å². The highest BCUT2D eigenvalue weighted by atomic mass is 32.1. The van der Waals surface area contributed by atoms with Crippen LogP contribution in [0, 0.1) is 6.92 Å². The summed E-state index contributed by atoms with van der Waals surface area (Å²) in [4.78, 5) is 8.23. The van der Waals surface area contributed by atoms with Crippen molar-refractivity contribution >= 4 is 11.3 Å². The Hall–Kier alpha value is -0.450. The van der Waals surface area contributed by atoms with Gasteiger partial charge >= 0.3 is 0 Å². The van der Waals surface area contributed by atoms with E-state index in [2.05, 4.69) is 36.0 Å². The zero-order valence-electron chi connectivity index (χ0n) is 9.66. The minimum absolute atomic E-state index is 0.599. The van der Waals surface area contributed by atoms with Gasteiger partial charge in [-0.1, -0.05) is 0 Å². The Bertz CT molecular complexity index is 313. The second-order valence-corrected chi connectivity index (χ2v) is 5.46. The molecule has 0 radical (unpaired) electrons. The van der Waals surface area contributed by atoms with Crippen LogP contribution < -0.4 is 5.32 Å². The molecule has 1 aliphatic rings. The molecule has 2 heterocycles. The average molecular weight is 225 g/mol. The Balaban J connectivity index is 1.97. The van der Waals surface area contributed by atoms with Crippen molar-refractivity contribution in [2.45, 2.75) is 39.4 Å². The monoisotopic (exact) mass is 225 g/mol. The lowest BCUT2D eigenvalue weighted by Gasteiger charge is -2.35. The number of nitrogens with zero attached hydrogens (tertiary/aromatic N) is 2. The van der Waals surface area contributed by atoms with E-state index in [1.807, 2.05) is 5.51 Å². The first kappa shape index (κ1) is 11.0. The molecule has 0 spiro atoms. The summed E-state index contributed by atoms with van der Waals surface area (Å²) in [5, 5.41) is 3.55. The molecule has 2 atom stereocenters. The number of piperazine rings is 1. The number of hydrogen-bond acceptors (Lipinski definition) is 4. The number of nitrogens with one attached hydrogen (secondary N) is 1. The molecule has 1 fully saturated rings. The van der Waals surface area contributed by atoms with Crippen molar-refractivity contribution in [2.24, 2.45) is 0 Å². The molecule has 0 bridgehead atoms. The maximum absolute atomic E-state index is 4.30. The largest absolute Gasteiger partial charge is 0.309 e. The molecule has 1 aliphatic heterocycles. The van der Waals surface area contributed by atoms with Gasteiger partial charge in [-0.05, 0) is 20.8 Å². The lowest BCUT2D eigenvalue weighted by Crippen LogP contribution is -2.53. The lowest BCUT2D eigenvalue weighted by molar-refractivity contribution is 0.167. The molecule has 15 heavy (non-hydrogen) atoms. The van der Waals surface area contributed by atoms with Crippen molar-refractivity contribution < 1.29 is 0 Å². The van der Waals surface area contributed by atoms with Crippen LogP contribution in [0.5, 0.6) is 0 Å². The summed E-state index contributed by atoms with van der Waals surface area (Å²) < 4.78 is 0. The van der Waals surface area contributed by atoms with Crippen LogP contribution in [-0.2, 0) is 6.54 Å². The van der Waals surface area contributed by atoms with Crippen LogP contribution in [0.1, 0.15) is 24.4 Å². The van der Waals surface area contributed by atoms with Crippen molar-refractivity contribution in [3.8, 4) is 0 Å². The molecule has 1 aromatic rings.